The Kier molecular flexibility index (Phi) is 16.6. The molecule has 0 aliphatic heterocycles. The van der Waals surface area contributed by atoms with Gasteiger partial charge in [0.15, 0.2) is 0 Å². The molecular formula is C20H34KN2O6-3. The molecular weight excluding hydrogens is 403 g/mol. The van der Waals surface area contributed by atoms with Crippen LogP contribution in [0.2, 0.25) is 0 Å². The smallest absolute Gasteiger partial charge is 0.522 e. The Bertz CT molecular complexity index is 553. The van der Waals surface area contributed by atoms with Gasteiger partial charge in [-0.15, -0.1) is 0 Å². The fourth-order valence-electron chi connectivity index (χ4n) is 4.19. The Labute approximate surface area is 217 Å². The van der Waals surface area contributed by atoms with Gasteiger partial charge in [0.25, 0.3) is 0 Å². The normalized spacial score (nSPS) is 25.4. The molecule has 0 heterocycles. The van der Waals surface area contributed by atoms with E-state index >= 15 is 0 Å². The van der Waals surface area contributed by atoms with Crippen LogP contribution in [0.5, 0.6) is 0 Å². The van der Waals surface area contributed by atoms with Gasteiger partial charge in [-0.25, -0.2) is 0 Å². The molecule has 0 aromatic rings. The largest absolute Gasteiger partial charge is 1.00 e. The van der Waals surface area contributed by atoms with Crippen molar-refractivity contribution >= 4 is 24.3 Å². The number of nitrogens with one attached hydrogen (secondary N) is 1. The van der Waals surface area contributed by atoms with E-state index in [1.807, 2.05) is 19.2 Å². The summed E-state index contributed by atoms with van der Waals surface area (Å²) in [6.45, 7) is 4.36. The summed E-state index contributed by atoms with van der Waals surface area (Å²) >= 11 is 0. The molecule has 29 heavy (non-hydrogen) atoms. The Morgan fingerprint density at radius 3 is 1.97 bits per heavy atom. The van der Waals surface area contributed by atoms with Crippen LogP contribution in [0, 0.1) is 51.4 Å². The molecule has 0 aromatic carbocycles. The molecule has 3 saturated carbocycles. The molecule has 164 valence electrons. The van der Waals surface area contributed by atoms with E-state index < -0.39 is 5.91 Å². The molecule has 3 N–H and O–H groups in total. The van der Waals surface area contributed by atoms with Gasteiger partial charge >= 0.3 is 63.3 Å². The second kappa shape index (κ2) is 14.5. The molecule has 4 unspecified atom stereocenters. The van der Waals surface area contributed by atoms with E-state index in [0.717, 1.165) is 6.42 Å². The Hall–Kier alpha value is -0.484. The van der Waals surface area contributed by atoms with Crippen LogP contribution in [0.25, 0.3) is 0 Å². The second-order valence-electron chi connectivity index (χ2n) is 6.73. The van der Waals surface area contributed by atoms with E-state index in [-0.39, 0.29) is 115 Å². The van der Waals surface area contributed by atoms with E-state index in [1.54, 1.807) is 0 Å². The fraction of sp³-hybridized carbons (Fsp3) is 0.650. The summed E-state index contributed by atoms with van der Waals surface area (Å²) in [5, 5.41) is 1.97. The molecule has 3 aliphatic carbocycles. The Balaban J connectivity index is -0.000000544. The Morgan fingerprint density at radius 1 is 1.07 bits per heavy atom. The van der Waals surface area contributed by atoms with Gasteiger partial charge in [0.1, 0.15) is 0 Å². The number of carbonyl (C=O) groups is 3. The van der Waals surface area contributed by atoms with Crippen LogP contribution in [0.15, 0.2) is 0 Å². The van der Waals surface area contributed by atoms with Gasteiger partial charge in [-0.3, -0.25) is 14.4 Å². The minimum atomic E-state index is -0.566. The molecule has 3 aliphatic rings. The number of carbonyl (C=O) groups excluding carboxylic acids is 4. The molecule has 3 rings (SSSR count). The summed E-state index contributed by atoms with van der Waals surface area (Å²) in [4.78, 5) is 42.8. The molecule has 2 amide bonds. The van der Waals surface area contributed by atoms with Gasteiger partial charge in [0, 0.05) is 0 Å². The van der Waals surface area contributed by atoms with Crippen LogP contribution in [-0.2, 0) is 28.7 Å². The number of primary amides is 1. The van der Waals surface area contributed by atoms with Crippen molar-refractivity contribution in [3.8, 4) is 0 Å². The maximum atomic E-state index is 11.9. The van der Waals surface area contributed by atoms with Crippen LogP contribution in [0.3, 0.4) is 0 Å². The van der Waals surface area contributed by atoms with Gasteiger partial charge in [0.05, 0.1) is 31.6 Å². The number of ether oxygens (including phenoxy) is 2. The van der Waals surface area contributed by atoms with E-state index in [4.69, 9.17) is 9.47 Å². The third-order valence-corrected chi connectivity index (χ3v) is 5.25. The number of hydrogen-bond acceptors (Lipinski definition) is 6. The molecule has 0 bridgehead atoms. The summed E-state index contributed by atoms with van der Waals surface area (Å²) in [6.07, 6.45) is 4.56. The van der Waals surface area contributed by atoms with Crippen molar-refractivity contribution in [2.45, 2.75) is 33.1 Å². The SMILES string of the molecule is CCOC(=O)C1CC2(CC2)C2C(C(=O)OCC)C12.NC(=O)CN[C-]=O.[CH3-].[CH3-].[CH3-].[K+]. The topological polar surface area (TPSA) is 125 Å². The number of rotatable bonds is 7. The first kappa shape index (κ1) is 33.2. The maximum absolute atomic E-state index is 11.9. The van der Waals surface area contributed by atoms with Gasteiger partial charge in [-0.05, 0) is 50.4 Å². The van der Waals surface area contributed by atoms with Crippen LogP contribution in [-0.4, -0.2) is 44.0 Å². The summed E-state index contributed by atoms with van der Waals surface area (Å²) < 4.78 is 10.3. The molecule has 4 atom stereocenters. The van der Waals surface area contributed by atoms with Gasteiger partial charge in [-0.2, -0.15) is 6.41 Å². The predicted octanol–water partition coefficient (Wildman–Crippen LogP) is -1.74. The zero-order valence-corrected chi connectivity index (χ0v) is 21.7. The monoisotopic (exact) mass is 437 g/mol. The summed E-state index contributed by atoms with van der Waals surface area (Å²) in [5.41, 5.74) is 4.88. The van der Waals surface area contributed by atoms with Gasteiger partial charge in [-0.1, -0.05) is 0 Å². The minimum absolute atomic E-state index is 0. The molecule has 1 spiro atoms. The summed E-state index contributed by atoms with van der Waals surface area (Å²) in [6, 6.07) is 0. The summed E-state index contributed by atoms with van der Waals surface area (Å²) in [5.74, 6) is -0.279. The molecule has 8 nitrogen and oxygen atoms in total. The van der Waals surface area contributed by atoms with E-state index in [0.29, 0.717) is 19.1 Å². The number of amides is 2. The van der Waals surface area contributed by atoms with E-state index in [1.165, 1.54) is 19.3 Å². The zero-order valence-electron chi connectivity index (χ0n) is 18.6. The number of nitrogens with two attached hydrogens (primary N) is 1. The quantitative estimate of drug-likeness (QED) is 0.211. The number of esters is 2. The van der Waals surface area contributed by atoms with Crippen molar-refractivity contribution in [1.29, 1.82) is 0 Å². The van der Waals surface area contributed by atoms with Crippen molar-refractivity contribution in [3.05, 3.63) is 22.3 Å². The van der Waals surface area contributed by atoms with Crippen LogP contribution >= 0.6 is 0 Å². The standard InChI is InChI=1S/C14H20O4.C3H5N2O2.3CH3.K/c1-3-17-12(15)8-7-14(5-6-14)11-9(8)10(11)13(16)18-4-2;4-3(7)1-5-2-6;;;;/h8-11H,3-7H2,1-2H3;1H2,(H2,4,7)(H,5,6);3*1H3;/q;4*-1;+1. The van der Waals surface area contributed by atoms with Crippen molar-refractivity contribution in [2.24, 2.45) is 34.8 Å². The average Bonchev–Trinajstić information content (AvgIpc) is 3.43. The predicted molar refractivity (Wildman–Crippen MR) is 106 cm³/mol. The molecule has 0 radical (unpaired) electrons. The van der Waals surface area contributed by atoms with Crippen molar-refractivity contribution in [1.82, 2.24) is 5.32 Å². The molecule has 0 aromatic heterocycles. The van der Waals surface area contributed by atoms with Gasteiger partial charge < -0.3 is 47.6 Å². The molecule has 3 fully saturated rings. The van der Waals surface area contributed by atoms with Crippen LogP contribution < -0.4 is 62.4 Å². The van der Waals surface area contributed by atoms with Crippen molar-refractivity contribution in [3.63, 3.8) is 0 Å². The zero-order chi connectivity index (χ0) is 18.6. The minimum Gasteiger partial charge on any atom is -0.522 e. The van der Waals surface area contributed by atoms with Crippen molar-refractivity contribution < 1.29 is 80.0 Å². The second-order valence-corrected chi connectivity index (χ2v) is 6.73. The summed E-state index contributed by atoms with van der Waals surface area (Å²) in [7, 11) is 0. The van der Waals surface area contributed by atoms with Crippen LogP contribution in [0.4, 0.5) is 0 Å². The first-order valence-electron chi connectivity index (χ1n) is 8.63. The first-order chi connectivity index (χ1) is 11.9. The van der Waals surface area contributed by atoms with E-state index in [9.17, 15) is 19.2 Å². The first-order valence-corrected chi connectivity index (χ1v) is 8.63. The third kappa shape index (κ3) is 7.93. The Morgan fingerprint density at radius 2 is 1.59 bits per heavy atom. The maximum Gasteiger partial charge on any atom is 1.00 e. The van der Waals surface area contributed by atoms with Crippen LogP contribution in [0.1, 0.15) is 33.1 Å². The van der Waals surface area contributed by atoms with Crippen molar-refractivity contribution in [2.75, 3.05) is 19.8 Å². The average molecular weight is 438 g/mol. The molecule has 0 saturated heterocycles. The molecule has 9 heteroatoms. The number of fused-ring (bicyclic) bond motifs is 2. The number of hydrogen-bond donors (Lipinski definition) is 2. The fourth-order valence-corrected chi connectivity index (χ4v) is 4.19. The van der Waals surface area contributed by atoms with E-state index in [2.05, 4.69) is 5.73 Å². The van der Waals surface area contributed by atoms with Gasteiger partial charge in [0.2, 0.25) is 5.91 Å². The third-order valence-electron chi connectivity index (χ3n) is 5.25.